The van der Waals surface area contributed by atoms with Crippen LogP contribution in [-0.2, 0) is 17.4 Å². The molecule has 1 heterocycles. The minimum Gasteiger partial charge on any atom is -0.496 e. The van der Waals surface area contributed by atoms with Gasteiger partial charge in [0.1, 0.15) is 5.75 Å². The van der Waals surface area contributed by atoms with Crippen molar-refractivity contribution in [2.24, 2.45) is 0 Å². The van der Waals surface area contributed by atoms with Gasteiger partial charge in [-0.25, -0.2) is 0 Å². The number of carbonyl (C=O) groups is 1. The molecule has 2 aromatic carbocycles. The summed E-state index contributed by atoms with van der Waals surface area (Å²) in [5, 5.41) is 2.91. The fraction of sp³-hybridized carbons (Fsp3) is 0.536. The van der Waals surface area contributed by atoms with E-state index in [2.05, 4.69) is 15.1 Å². The van der Waals surface area contributed by atoms with Gasteiger partial charge in [-0.3, -0.25) is 14.6 Å². The first-order valence-electron chi connectivity index (χ1n) is 12.9. The van der Waals surface area contributed by atoms with E-state index in [1.54, 1.807) is 7.11 Å². The molecular weight excluding hydrogens is 467 g/mol. The van der Waals surface area contributed by atoms with Crippen molar-refractivity contribution in [2.75, 3.05) is 39.8 Å². The van der Waals surface area contributed by atoms with Crippen LogP contribution in [0, 0.1) is 0 Å². The summed E-state index contributed by atoms with van der Waals surface area (Å²) in [6.07, 6.45) is 1.67. The van der Waals surface area contributed by atoms with E-state index < -0.39 is 17.6 Å². The van der Waals surface area contributed by atoms with Crippen LogP contribution in [0.4, 0.5) is 13.2 Å². The normalized spacial score (nSPS) is 19.1. The maximum absolute atomic E-state index is 13.4. The van der Waals surface area contributed by atoms with Crippen molar-refractivity contribution in [2.45, 2.75) is 56.8 Å². The van der Waals surface area contributed by atoms with Gasteiger partial charge >= 0.3 is 6.18 Å². The summed E-state index contributed by atoms with van der Waals surface area (Å²) in [5.74, 6) is 0.321. The molecule has 1 N–H and O–H groups in total. The highest BCUT2D eigenvalue weighted by Gasteiger charge is 2.34. The number of rotatable bonds is 8. The van der Waals surface area contributed by atoms with Crippen LogP contribution >= 0.6 is 0 Å². The van der Waals surface area contributed by atoms with Crippen LogP contribution < -0.4 is 10.1 Å². The first kappa shape index (κ1) is 26.5. The summed E-state index contributed by atoms with van der Waals surface area (Å²) in [7, 11) is 1.63. The molecule has 36 heavy (non-hydrogen) atoms. The van der Waals surface area contributed by atoms with Gasteiger partial charge in [0.15, 0.2) is 0 Å². The number of hydrogen-bond acceptors (Lipinski definition) is 4. The van der Waals surface area contributed by atoms with Crippen LogP contribution in [0.2, 0.25) is 0 Å². The molecule has 1 unspecified atom stereocenters. The molecule has 0 radical (unpaired) electrons. The van der Waals surface area contributed by atoms with Crippen LogP contribution in [0.5, 0.6) is 5.75 Å². The van der Waals surface area contributed by atoms with Gasteiger partial charge in [0.25, 0.3) is 0 Å². The quantitative estimate of drug-likeness (QED) is 0.547. The lowest BCUT2D eigenvalue weighted by molar-refractivity contribution is -0.138. The van der Waals surface area contributed by atoms with E-state index in [-0.39, 0.29) is 18.0 Å². The summed E-state index contributed by atoms with van der Waals surface area (Å²) in [5.41, 5.74) is 0.194. The van der Waals surface area contributed by atoms with Crippen LogP contribution in [0.1, 0.15) is 54.8 Å². The average molecular weight is 504 g/mol. The minimum absolute atomic E-state index is 0.0163. The first-order valence-corrected chi connectivity index (χ1v) is 12.9. The molecule has 1 saturated carbocycles. The van der Waals surface area contributed by atoms with Crippen LogP contribution in [0.3, 0.4) is 0 Å². The maximum atomic E-state index is 13.4. The summed E-state index contributed by atoms with van der Waals surface area (Å²) in [6, 6.07) is 13.6. The van der Waals surface area contributed by atoms with Crippen molar-refractivity contribution in [3.8, 4) is 5.75 Å². The van der Waals surface area contributed by atoms with E-state index in [1.165, 1.54) is 50.3 Å². The molecule has 2 fully saturated rings. The zero-order valence-corrected chi connectivity index (χ0v) is 20.9. The van der Waals surface area contributed by atoms with Gasteiger partial charge in [-0.1, -0.05) is 55.7 Å². The predicted octanol–water partition coefficient (Wildman–Crippen LogP) is 5.06. The lowest BCUT2D eigenvalue weighted by atomic mass is 9.93. The van der Waals surface area contributed by atoms with E-state index in [1.807, 2.05) is 24.3 Å². The highest BCUT2D eigenvalue weighted by atomic mass is 19.4. The molecule has 0 bridgehead atoms. The fourth-order valence-electron chi connectivity index (χ4n) is 5.63. The standard InChI is InChI=1S/C28H36F3N3O2/c1-36-26-14-8-6-12-23(26)25(34-17-15-33(16-18-34)22-10-3-2-4-11-22)20-32-27(35)19-21-9-5-7-13-24(21)28(29,30)31/h5-9,12-14,22,25H,2-4,10-11,15-20H2,1H3,(H,32,35). The Morgan fingerprint density at radius 3 is 2.36 bits per heavy atom. The number of ether oxygens (including phenoxy) is 1. The van der Waals surface area contributed by atoms with E-state index in [4.69, 9.17) is 4.74 Å². The molecule has 0 aromatic heterocycles. The van der Waals surface area contributed by atoms with Gasteiger partial charge in [0, 0.05) is 44.3 Å². The molecule has 2 aliphatic rings. The number of amides is 1. The van der Waals surface area contributed by atoms with Crippen molar-refractivity contribution >= 4 is 5.91 Å². The number of benzene rings is 2. The number of nitrogens with one attached hydrogen (secondary N) is 1. The Morgan fingerprint density at radius 1 is 1.00 bits per heavy atom. The van der Waals surface area contributed by atoms with Crippen molar-refractivity contribution in [1.29, 1.82) is 0 Å². The molecule has 1 aliphatic carbocycles. The number of alkyl halides is 3. The third kappa shape index (κ3) is 6.59. The van der Waals surface area contributed by atoms with Crippen LogP contribution in [0.25, 0.3) is 0 Å². The Morgan fingerprint density at radius 2 is 1.67 bits per heavy atom. The van der Waals surface area contributed by atoms with Crippen molar-refractivity contribution in [3.63, 3.8) is 0 Å². The minimum atomic E-state index is -4.49. The lowest BCUT2D eigenvalue weighted by Gasteiger charge is -2.43. The molecular formula is C28H36F3N3O2. The highest BCUT2D eigenvalue weighted by molar-refractivity contribution is 5.79. The summed E-state index contributed by atoms with van der Waals surface area (Å²) in [6.45, 7) is 3.99. The number of hydrogen-bond donors (Lipinski definition) is 1. The summed E-state index contributed by atoms with van der Waals surface area (Å²) >= 11 is 0. The third-order valence-electron chi connectivity index (χ3n) is 7.54. The second-order valence-electron chi connectivity index (χ2n) is 9.76. The van der Waals surface area contributed by atoms with E-state index in [0.717, 1.165) is 43.6 Å². The topological polar surface area (TPSA) is 44.8 Å². The average Bonchev–Trinajstić information content (AvgIpc) is 2.89. The first-order chi connectivity index (χ1) is 17.4. The van der Waals surface area contributed by atoms with Crippen molar-refractivity contribution < 1.29 is 22.7 Å². The van der Waals surface area contributed by atoms with Gasteiger partial charge in [0.2, 0.25) is 5.91 Å². The second kappa shape index (κ2) is 12.1. The van der Waals surface area contributed by atoms with E-state index in [0.29, 0.717) is 12.6 Å². The monoisotopic (exact) mass is 503 g/mol. The molecule has 4 rings (SSSR count). The zero-order chi connectivity index (χ0) is 25.5. The largest absolute Gasteiger partial charge is 0.496 e. The molecule has 1 saturated heterocycles. The van der Waals surface area contributed by atoms with Gasteiger partial charge < -0.3 is 10.1 Å². The summed E-state index contributed by atoms with van der Waals surface area (Å²) in [4.78, 5) is 17.7. The SMILES string of the molecule is COc1ccccc1C(CNC(=O)Cc1ccccc1C(F)(F)F)N1CCN(C2CCCCC2)CC1. The zero-order valence-electron chi connectivity index (χ0n) is 20.9. The number of nitrogens with zero attached hydrogens (tertiary/aromatic N) is 2. The Balaban J connectivity index is 1.44. The Kier molecular flexibility index (Phi) is 8.90. The second-order valence-corrected chi connectivity index (χ2v) is 9.76. The van der Waals surface area contributed by atoms with Gasteiger partial charge in [-0.15, -0.1) is 0 Å². The number of halogens is 3. The predicted molar refractivity (Wildman–Crippen MR) is 134 cm³/mol. The third-order valence-corrected chi connectivity index (χ3v) is 7.54. The smallest absolute Gasteiger partial charge is 0.416 e. The number of methoxy groups -OCH3 is 1. The number of para-hydroxylation sites is 1. The molecule has 1 aliphatic heterocycles. The van der Waals surface area contributed by atoms with Crippen LogP contribution in [0.15, 0.2) is 48.5 Å². The van der Waals surface area contributed by atoms with Gasteiger partial charge in [-0.2, -0.15) is 13.2 Å². The van der Waals surface area contributed by atoms with E-state index >= 15 is 0 Å². The molecule has 1 amide bonds. The number of piperazine rings is 1. The van der Waals surface area contributed by atoms with Crippen molar-refractivity contribution in [3.05, 3.63) is 65.2 Å². The Bertz CT molecular complexity index is 1000. The Labute approximate surface area is 211 Å². The van der Waals surface area contributed by atoms with Crippen molar-refractivity contribution in [1.82, 2.24) is 15.1 Å². The Hall–Kier alpha value is -2.58. The lowest BCUT2D eigenvalue weighted by Crippen LogP contribution is -2.53. The molecule has 1 atom stereocenters. The molecule has 5 nitrogen and oxygen atoms in total. The molecule has 196 valence electrons. The fourth-order valence-corrected chi connectivity index (χ4v) is 5.63. The maximum Gasteiger partial charge on any atom is 0.416 e. The highest BCUT2D eigenvalue weighted by Crippen LogP contribution is 2.33. The van der Waals surface area contributed by atoms with Gasteiger partial charge in [0.05, 0.1) is 25.1 Å². The number of carbonyl (C=O) groups excluding carboxylic acids is 1. The van der Waals surface area contributed by atoms with Crippen LogP contribution in [-0.4, -0.2) is 61.6 Å². The molecule has 8 heteroatoms. The van der Waals surface area contributed by atoms with E-state index in [9.17, 15) is 18.0 Å². The van der Waals surface area contributed by atoms with Gasteiger partial charge in [-0.05, 0) is 30.5 Å². The molecule has 0 spiro atoms. The summed E-state index contributed by atoms with van der Waals surface area (Å²) < 4.78 is 45.7. The molecule has 2 aromatic rings.